The SMILES string of the molecule is COc1cc(OC)cc(C(=O)NCCC(=O)Nc2ccc(S(=O)(=O)Nc3nccs3)cc2)c1. The number of sulfonamides is 1. The maximum Gasteiger partial charge on any atom is 0.263 e. The summed E-state index contributed by atoms with van der Waals surface area (Å²) in [6, 6.07) is 10.5. The molecule has 0 bridgehead atoms. The molecule has 2 amide bonds. The predicted molar refractivity (Wildman–Crippen MR) is 124 cm³/mol. The molecule has 1 aromatic heterocycles. The number of aromatic nitrogens is 1. The molecule has 0 radical (unpaired) electrons. The lowest BCUT2D eigenvalue weighted by Gasteiger charge is -2.10. The van der Waals surface area contributed by atoms with E-state index in [0.29, 0.717) is 22.7 Å². The third-order valence-electron chi connectivity index (χ3n) is 4.35. The van der Waals surface area contributed by atoms with Gasteiger partial charge in [0.1, 0.15) is 11.5 Å². The number of hydrogen-bond acceptors (Lipinski definition) is 8. The van der Waals surface area contributed by atoms with E-state index < -0.39 is 10.0 Å². The Morgan fingerprint density at radius 3 is 2.27 bits per heavy atom. The Morgan fingerprint density at radius 1 is 1.03 bits per heavy atom. The van der Waals surface area contributed by atoms with E-state index in [4.69, 9.17) is 9.47 Å². The Balaban J connectivity index is 1.50. The third-order valence-corrected chi connectivity index (χ3v) is 6.53. The Morgan fingerprint density at radius 2 is 1.70 bits per heavy atom. The van der Waals surface area contributed by atoms with Crippen LogP contribution in [0.15, 0.2) is 58.9 Å². The van der Waals surface area contributed by atoms with Crippen molar-refractivity contribution in [1.29, 1.82) is 0 Å². The number of carbonyl (C=O) groups excluding carboxylic acids is 2. The highest BCUT2D eigenvalue weighted by molar-refractivity contribution is 7.93. The van der Waals surface area contributed by atoms with Crippen molar-refractivity contribution in [1.82, 2.24) is 10.3 Å². The van der Waals surface area contributed by atoms with E-state index in [1.807, 2.05) is 0 Å². The number of amides is 2. The average molecular weight is 491 g/mol. The Labute approximate surface area is 195 Å². The van der Waals surface area contributed by atoms with E-state index in [2.05, 4.69) is 20.3 Å². The number of rotatable bonds is 10. The van der Waals surface area contributed by atoms with Crippen LogP contribution < -0.4 is 24.8 Å². The minimum Gasteiger partial charge on any atom is -0.497 e. The molecule has 0 aliphatic rings. The van der Waals surface area contributed by atoms with Gasteiger partial charge < -0.3 is 20.1 Å². The number of benzene rings is 2. The molecular formula is C21H22N4O6S2. The molecule has 1 heterocycles. The Kier molecular flexibility index (Phi) is 7.85. The first-order chi connectivity index (χ1) is 15.8. The van der Waals surface area contributed by atoms with Crippen LogP contribution in [0.3, 0.4) is 0 Å². The highest BCUT2D eigenvalue weighted by atomic mass is 32.2. The molecule has 3 rings (SSSR count). The summed E-state index contributed by atoms with van der Waals surface area (Å²) < 4.78 is 37.4. The lowest BCUT2D eigenvalue weighted by atomic mass is 10.2. The number of carbonyl (C=O) groups is 2. The fraction of sp³-hybridized carbons (Fsp3) is 0.190. The molecule has 0 atom stereocenters. The largest absolute Gasteiger partial charge is 0.497 e. The van der Waals surface area contributed by atoms with Gasteiger partial charge in [-0.15, -0.1) is 11.3 Å². The number of anilines is 2. The van der Waals surface area contributed by atoms with Gasteiger partial charge in [-0.25, -0.2) is 13.4 Å². The van der Waals surface area contributed by atoms with E-state index in [0.717, 1.165) is 0 Å². The number of nitrogens with zero attached hydrogens (tertiary/aromatic N) is 1. The van der Waals surface area contributed by atoms with Crippen molar-refractivity contribution in [2.75, 3.05) is 30.8 Å². The first-order valence-corrected chi connectivity index (χ1v) is 12.0. The fourth-order valence-electron chi connectivity index (χ4n) is 2.72. The van der Waals surface area contributed by atoms with Crippen molar-refractivity contribution in [3.63, 3.8) is 0 Å². The van der Waals surface area contributed by atoms with E-state index in [-0.39, 0.29) is 34.8 Å². The molecule has 3 aromatic rings. The van der Waals surface area contributed by atoms with Crippen LogP contribution in [0, 0.1) is 0 Å². The summed E-state index contributed by atoms with van der Waals surface area (Å²) >= 11 is 1.17. The number of ether oxygens (including phenoxy) is 2. The molecule has 0 spiro atoms. The van der Waals surface area contributed by atoms with Crippen LogP contribution in [0.1, 0.15) is 16.8 Å². The van der Waals surface area contributed by atoms with Gasteiger partial charge in [0.2, 0.25) is 5.91 Å². The average Bonchev–Trinajstić information content (AvgIpc) is 3.31. The summed E-state index contributed by atoms with van der Waals surface area (Å²) in [4.78, 5) is 28.5. The third kappa shape index (κ3) is 6.67. The van der Waals surface area contributed by atoms with E-state index in [1.165, 1.54) is 56.0 Å². The summed E-state index contributed by atoms with van der Waals surface area (Å²) in [7, 11) is -0.796. The maximum absolute atomic E-state index is 12.3. The second-order valence-electron chi connectivity index (χ2n) is 6.62. The predicted octanol–water partition coefficient (Wildman–Crippen LogP) is 2.72. The molecule has 0 saturated carbocycles. The standard InChI is InChI=1S/C21H22N4O6S2/c1-30-16-11-14(12-17(13-16)31-2)20(27)22-8-7-19(26)24-15-3-5-18(6-4-15)33(28,29)25-21-23-9-10-32-21/h3-6,9-13H,7-8H2,1-2H3,(H,22,27)(H,23,25)(H,24,26). The van der Waals surface area contributed by atoms with Gasteiger partial charge in [-0.1, -0.05) is 0 Å². The minimum atomic E-state index is -3.77. The van der Waals surface area contributed by atoms with Gasteiger partial charge in [0.05, 0.1) is 19.1 Å². The summed E-state index contributed by atoms with van der Waals surface area (Å²) in [5.74, 6) is 0.242. The highest BCUT2D eigenvalue weighted by Gasteiger charge is 2.16. The van der Waals surface area contributed by atoms with Crippen LogP contribution >= 0.6 is 11.3 Å². The first-order valence-electron chi connectivity index (χ1n) is 9.64. The molecule has 0 aliphatic heterocycles. The Bertz CT molecular complexity index is 1190. The van der Waals surface area contributed by atoms with Crippen LogP contribution in [-0.4, -0.2) is 46.0 Å². The van der Waals surface area contributed by atoms with Crippen molar-refractivity contribution < 1.29 is 27.5 Å². The van der Waals surface area contributed by atoms with Gasteiger partial charge in [-0.05, 0) is 36.4 Å². The molecule has 0 aliphatic carbocycles. The van der Waals surface area contributed by atoms with Gasteiger partial charge in [0.25, 0.3) is 15.9 Å². The van der Waals surface area contributed by atoms with E-state index >= 15 is 0 Å². The summed E-state index contributed by atoms with van der Waals surface area (Å²) in [6.07, 6.45) is 1.52. The van der Waals surface area contributed by atoms with Crippen molar-refractivity contribution in [3.05, 3.63) is 59.6 Å². The van der Waals surface area contributed by atoms with Crippen LogP contribution in [-0.2, 0) is 14.8 Å². The van der Waals surface area contributed by atoms with Gasteiger partial charge in [-0.3, -0.25) is 14.3 Å². The molecular weight excluding hydrogens is 468 g/mol. The van der Waals surface area contributed by atoms with Gasteiger partial charge in [0, 0.05) is 41.9 Å². The number of methoxy groups -OCH3 is 2. The van der Waals surface area contributed by atoms with Crippen molar-refractivity contribution in [3.8, 4) is 11.5 Å². The molecule has 0 fully saturated rings. The molecule has 2 aromatic carbocycles. The quantitative estimate of drug-likeness (QED) is 0.398. The van der Waals surface area contributed by atoms with Gasteiger partial charge in [0.15, 0.2) is 5.13 Å². The summed E-state index contributed by atoms with van der Waals surface area (Å²) in [6.45, 7) is 0.106. The fourth-order valence-corrected chi connectivity index (χ4v) is 4.51. The zero-order valence-corrected chi connectivity index (χ0v) is 19.5. The van der Waals surface area contributed by atoms with E-state index in [1.54, 1.807) is 23.6 Å². The topological polar surface area (TPSA) is 136 Å². The molecule has 12 heteroatoms. The molecule has 174 valence electrons. The molecule has 33 heavy (non-hydrogen) atoms. The van der Waals surface area contributed by atoms with Crippen molar-refractivity contribution in [2.24, 2.45) is 0 Å². The van der Waals surface area contributed by atoms with Gasteiger partial charge >= 0.3 is 0 Å². The number of nitrogens with one attached hydrogen (secondary N) is 3. The molecule has 0 saturated heterocycles. The van der Waals surface area contributed by atoms with Crippen LogP contribution in [0.25, 0.3) is 0 Å². The second-order valence-corrected chi connectivity index (χ2v) is 9.20. The van der Waals surface area contributed by atoms with Crippen molar-refractivity contribution in [2.45, 2.75) is 11.3 Å². The summed E-state index contributed by atoms with van der Waals surface area (Å²) in [5.41, 5.74) is 0.770. The second kappa shape index (κ2) is 10.8. The lowest BCUT2D eigenvalue weighted by Crippen LogP contribution is -2.27. The molecule has 0 unspecified atom stereocenters. The number of thiazole rings is 1. The smallest absolute Gasteiger partial charge is 0.263 e. The normalized spacial score (nSPS) is 10.8. The lowest BCUT2D eigenvalue weighted by molar-refractivity contribution is -0.116. The van der Waals surface area contributed by atoms with Crippen molar-refractivity contribution >= 4 is 44.0 Å². The maximum atomic E-state index is 12.3. The highest BCUT2D eigenvalue weighted by Crippen LogP contribution is 2.22. The van der Waals surface area contributed by atoms with E-state index in [9.17, 15) is 18.0 Å². The monoisotopic (exact) mass is 490 g/mol. The minimum absolute atomic E-state index is 0.0263. The molecule has 10 nitrogen and oxygen atoms in total. The zero-order valence-electron chi connectivity index (χ0n) is 17.8. The van der Waals surface area contributed by atoms with Crippen LogP contribution in [0.4, 0.5) is 10.8 Å². The summed E-state index contributed by atoms with van der Waals surface area (Å²) in [5, 5.41) is 7.25. The van der Waals surface area contributed by atoms with Crippen LogP contribution in [0.5, 0.6) is 11.5 Å². The zero-order chi connectivity index (χ0) is 23.8. The van der Waals surface area contributed by atoms with Gasteiger partial charge in [-0.2, -0.15) is 0 Å². The van der Waals surface area contributed by atoms with Crippen LogP contribution in [0.2, 0.25) is 0 Å². The number of hydrogen-bond donors (Lipinski definition) is 3. The first kappa shape index (κ1) is 24.0. The molecule has 3 N–H and O–H groups in total. The Hall–Kier alpha value is -3.64.